The number of methoxy groups -OCH3 is 3. The molecule has 0 atom stereocenters. The van der Waals surface area contributed by atoms with E-state index in [0.29, 0.717) is 45.0 Å². The highest BCUT2D eigenvalue weighted by molar-refractivity contribution is 7.99. The van der Waals surface area contributed by atoms with Crippen LogP contribution in [-0.4, -0.2) is 43.0 Å². The molecule has 0 aliphatic heterocycles. The Labute approximate surface area is 213 Å². The molecule has 0 spiro atoms. The lowest BCUT2D eigenvalue weighted by Gasteiger charge is -2.17. The third-order valence-corrected chi connectivity index (χ3v) is 6.07. The fraction of sp³-hybridized carbons (Fsp3) is 0.240. The molecule has 0 fully saturated rings. The number of benzene rings is 1. The van der Waals surface area contributed by atoms with Gasteiger partial charge in [0.2, 0.25) is 11.7 Å². The SMILES string of the molecule is COc1cc(-c2c(C#N)c(N)nc(SCCC(=O)Nc3cccc(C)n3)c2C#N)cc(OC)c1OC. The van der Waals surface area contributed by atoms with Crippen LogP contribution in [0, 0.1) is 29.6 Å². The van der Waals surface area contributed by atoms with Gasteiger partial charge < -0.3 is 25.3 Å². The first-order valence-electron chi connectivity index (χ1n) is 10.7. The summed E-state index contributed by atoms with van der Waals surface area (Å²) in [6.45, 7) is 1.83. The minimum atomic E-state index is -0.231. The predicted molar refractivity (Wildman–Crippen MR) is 136 cm³/mol. The number of nitrogens with zero attached hydrogens (tertiary/aromatic N) is 4. The number of thioether (sulfide) groups is 1. The maximum Gasteiger partial charge on any atom is 0.226 e. The lowest BCUT2D eigenvalue weighted by atomic mass is 9.96. The zero-order valence-electron chi connectivity index (χ0n) is 20.2. The molecule has 0 unspecified atom stereocenters. The van der Waals surface area contributed by atoms with E-state index in [1.165, 1.54) is 33.1 Å². The molecule has 0 saturated carbocycles. The minimum Gasteiger partial charge on any atom is -0.493 e. The molecule has 0 aliphatic carbocycles. The van der Waals surface area contributed by atoms with Crippen LogP contribution in [0.25, 0.3) is 11.1 Å². The molecule has 2 heterocycles. The molecule has 3 rings (SSSR count). The van der Waals surface area contributed by atoms with Crippen molar-refractivity contribution < 1.29 is 19.0 Å². The first kappa shape index (κ1) is 26.1. The number of nitriles is 2. The maximum absolute atomic E-state index is 12.4. The van der Waals surface area contributed by atoms with E-state index in [2.05, 4.69) is 21.4 Å². The van der Waals surface area contributed by atoms with Gasteiger partial charge in [0.1, 0.15) is 34.4 Å². The number of aromatic nitrogens is 2. The van der Waals surface area contributed by atoms with Crippen molar-refractivity contribution in [3.63, 3.8) is 0 Å². The number of nitrogen functional groups attached to an aromatic ring is 1. The third kappa shape index (κ3) is 5.59. The highest BCUT2D eigenvalue weighted by Crippen LogP contribution is 2.44. The number of nitrogens with two attached hydrogens (primary N) is 1. The summed E-state index contributed by atoms with van der Waals surface area (Å²) in [6.07, 6.45) is 0.145. The Morgan fingerprint density at radius 2 is 1.72 bits per heavy atom. The Balaban J connectivity index is 1.95. The van der Waals surface area contributed by atoms with E-state index in [1.54, 1.807) is 24.3 Å². The van der Waals surface area contributed by atoms with Crippen molar-refractivity contribution in [3.8, 4) is 40.5 Å². The summed E-state index contributed by atoms with van der Waals surface area (Å²) in [7, 11) is 4.42. The van der Waals surface area contributed by atoms with Gasteiger partial charge in [-0.05, 0) is 36.8 Å². The molecule has 11 heteroatoms. The second-order valence-electron chi connectivity index (χ2n) is 7.38. The van der Waals surface area contributed by atoms with E-state index < -0.39 is 0 Å². The smallest absolute Gasteiger partial charge is 0.226 e. The lowest BCUT2D eigenvalue weighted by Crippen LogP contribution is -2.13. The number of rotatable bonds is 9. The van der Waals surface area contributed by atoms with Crippen molar-refractivity contribution in [2.45, 2.75) is 18.4 Å². The fourth-order valence-electron chi connectivity index (χ4n) is 3.48. The van der Waals surface area contributed by atoms with Gasteiger partial charge in [-0.2, -0.15) is 10.5 Å². The Morgan fingerprint density at radius 1 is 1.06 bits per heavy atom. The van der Waals surface area contributed by atoms with E-state index in [9.17, 15) is 15.3 Å². The van der Waals surface area contributed by atoms with Crippen LogP contribution in [0.3, 0.4) is 0 Å². The van der Waals surface area contributed by atoms with Gasteiger partial charge in [0.15, 0.2) is 11.5 Å². The summed E-state index contributed by atoms with van der Waals surface area (Å²) in [6, 6.07) is 12.8. The van der Waals surface area contributed by atoms with Crippen LogP contribution >= 0.6 is 11.8 Å². The maximum atomic E-state index is 12.4. The molecule has 0 aliphatic rings. The average Bonchev–Trinajstić information content (AvgIpc) is 2.87. The van der Waals surface area contributed by atoms with Gasteiger partial charge >= 0.3 is 0 Å². The Morgan fingerprint density at radius 3 is 2.28 bits per heavy atom. The first-order valence-corrected chi connectivity index (χ1v) is 11.7. The predicted octanol–water partition coefficient (Wildman–Crippen LogP) is 3.92. The minimum absolute atomic E-state index is 0.0313. The summed E-state index contributed by atoms with van der Waals surface area (Å²) in [5, 5.41) is 22.9. The van der Waals surface area contributed by atoms with Crippen LogP contribution < -0.4 is 25.3 Å². The van der Waals surface area contributed by atoms with Gasteiger partial charge in [0.05, 0.1) is 26.9 Å². The second-order valence-corrected chi connectivity index (χ2v) is 8.46. The van der Waals surface area contributed by atoms with E-state index in [0.717, 1.165) is 5.69 Å². The van der Waals surface area contributed by atoms with E-state index in [1.807, 2.05) is 19.1 Å². The van der Waals surface area contributed by atoms with Gasteiger partial charge in [-0.1, -0.05) is 6.07 Å². The number of amides is 1. The highest BCUT2D eigenvalue weighted by Gasteiger charge is 2.23. The van der Waals surface area contributed by atoms with Crippen LogP contribution in [0.4, 0.5) is 11.6 Å². The molecule has 0 radical (unpaired) electrons. The number of anilines is 2. The summed E-state index contributed by atoms with van der Waals surface area (Å²) >= 11 is 1.19. The monoisotopic (exact) mass is 504 g/mol. The zero-order chi connectivity index (χ0) is 26.2. The molecule has 2 aromatic heterocycles. The summed E-state index contributed by atoms with van der Waals surface area (Å²) < 4.78 is 16.2. The summed E-state index contributed by atoms with van der Waals surface area (Å²) in [5.74, 6) is 1.59. The Bertz CT molecular complexity index is 1360. The number of ether oxygens (including phenoxy) is 3. The van der Waals surface area contributed by atoms with Crippen molar-refractivity contribution in [1.29, 1.82) is 10.5 Å². The Hall–Kier alpha value is -4.48. The van der Waals surface area contributed by atoms with Crippen molar-refractivity contribution >= 4 is 29.3 Å². The molecule has 3 aromatic rings. The van der Waals surface area contributed by atoms with Gasteiger partial charge in [-0.3, -0.25) is 4.79 Å². The normalized spacial score (nSPS) is 10.2. The average molecular weight is 505 g/mol. The topological polar surface area (TPSA) is 156 Å². The highest BCUT2D eigenvalue weighted by atomic mass is 32.2. The Kier molecular flexibility index (Phi) is 8.55. The molecule has 1 amide bonds. The molecular formula is C25H24N6O4S. The molecule has 36 heavy (non-hydrogen) atoms. The number of hydrogen-bond acceptors (Lipinski definition) is 10. The van der Waals surface area contributed by atoms with E-state index in [-0.39, 0.29) is 29.3 Å². The molecule has 0 saturated heterocycles. The quantitative estimate of drug-likeness (QED) is 0.409. The molecule has 1 aromatic carbocycles. The van der Waals surface area contributed by atoms with Crippen LogP contribution in [0.1, 0.15) is 23.2 Å². The van der Waals surface area contributed by atoms with Gasteiger partial charge in [0.25, 0.3) is 0 Å². The van der Waals surface area contributed by atoms with E-state index >= 15 is 0 Å². The third-order valence-electron chi connectivity index (χ3n) is 5.09. The summed E-state index contributed by atoms with van der Waals surface area (Å²) in [4.78, 5) is 20.9. The van der Waals surface area contributed by atoms with Crippen LogP contribution in [0.15, 0.2) is 35.4 Å². The number of hydrogen-bond donors (Lipinski definition) is 2. The standard InChI is InChI=1S/C25H24N6O4S/c1-14-6-5-7-20(29-14)30-21(32)8-9-36-25-17(13-27)22(16(12-26)24(28)31-25)15-10-18(33-2)23(35-4)19(11-15)34-3/h5-7,10-11H,8-9H2,1-4H3,(H2,28,31)(H,29,30,32). The first-order chi connectivity index (χ1) is 17.4. The van der Waals surface area contributed by atoms with Crippen molar-refractivity contribution in [1.82, 2.24) is 9.97 Å². The number of aryl methyl sites for hydroxylation is 1. The molecular weight excluding hydrogens is 480 g/mol. The fourth-order valence-corrected chi connectivity index (χ4v) is 4.41. The van der Waals surface area contributed by atoms with Gasteiger partial charge in [-0.15, -0.1) is 11.8 Å². The number of pyridine rings is 2. The van der Waals surface area contributed by atoms with E-state index in [4.69, 9.17) is 19.9 Å². The number of nitrogens with one attached hydrogen (secondary N) is 1. The van der Waals surface area contributed by atoms with Gasteiger partial charge in [-0.25, -0.2) is 9.97 Å². The number of carbonyl (C=O) groups is 1. The van der Waals surface area contributed by atoms with Crippen molar-refractivity contribution in [3.05, 3.63) is 47.2 Å². The molecule has 3 N–H and O–H groups in total. The molecule has 0 bridgehead atoms. The van der Waals surface area contributed by atoms with Crippen LogP contribution in [0.5, 0.6) is 17.2 Å². The lowest BCUT2D eigenvalue weighted by molar-refractivity contribution is -0.115. The molecule has 10 nitrogen and oxygen atoms in total. The largest absolute Gasteiger partial charge is 0.493 e. The van der Waals surface area contributed by atoms with Gasteiger partial charge in [0, 0.05) is 23.4 Å². The number of carbonyl (C=O) groups excluding carboxylic acids is 1. The van der Waals surface area contributed by atoms with Crippen LogP contribution in [0.2, 0.25) is 0 Å². The van der Waals surface area contributed by atoms with Crippen LogP contribution in [-0.2, 0) is 4.79 Å². The summed E-state index contributed by atoms with van der Waals surface area (Å²) in [5.41, 5.74) is 7.86. The van der Waals surface area contributed by atoms with Crippen molar-refractivity contribution in [2.75, 3.05) is 38.1 Å². The zero-order valence-corrected chi connectivity index (χ0v) is 21.0. The molecule has 184 valence electrons. The second kappa shape index (κ2) is 11.8. The van der Waals surface area contributed by atoms with Crippen molar-refractivity contribution in [2.24, 2.45) is 0 Å².